The molecule has 0 atom stereocenters. The second-order valence-corrected chi connectivity index (χ2v) is 5.71. The number of aryl methyl sites for hydroxylation is 1. The fraction of sp³-hybridized carbons (Fsp3) is 0.467. The first kappa shape index (κ1) is 13.6. The molecule has 0 bridgehead atoms. The molecule has 1 N–H and O–H groups in total. The Kier molecular flexibility index (Phi) is 4.03. The van der Waals surface area contributed by atoms with Crippen LogP contribution in [0.3, 0.4) is 0 Å². The summed E-state index contributed by atoms with van der Waals surface area (Å²) < 4.78 is 1.92. The van der Waals surface area contributed by atoms with Crippen molar-refractivity contribution in [3.8, 4) is 11.3 Å². The average Bonchev–Trinajstić information content (AvgIpc) is 3.16. The molecule has 1 aliphatic carbocycles. The summed E-state index contributed by atoms with van der Waals surface area (Å²) in [5.41, 5.74) is 3.25. The standard InChI is InChI=1S/C15H19ClN4/c1-2-7-20-15(10-18-19-20)11-3-4-12(14(16)8-11)9-17-13-5-6-13/h3-4,8,10,13,17H,2,5-7,9H2,1H3. The van der Waals surface area contributed by atoms with Crippen LogP contribution < -0.4 is 5.32 Å². The Morgan fingerprint density at radius 2 is 2.25 bits per heavy atom. The highest BCUT2D eigenvalue weighted by molar-refractivity contribution is 6.31. The molecule has 1 aliphatic rings. The van der Waals surface area contributed by atoms with Gasteiger partial charge in [-0.3, -0.25) is 0 Å². The first-order valence-corrected chi connectivity index (χ1v) is 7.56. The van der Waals surface area contributed by atoms with Gasteiger partial charge in [-0.1, -0.05) is 35.9 Å². The van der Waals surface area contributed by atoms with Crippen LogP contribution in [-0.4, -0.2) is 21.0 Å². The maximum atomic E-state index is 6.39. The summed E-state index contributed by atoms with van der Waals surface area (Å²) in [6.07, 6.45) is 5.41. The quantitative estimate of drug-likeness (QED) is 0.888. The van der Waals surface area contributed by atoms with Crippen LogP contribution in [-0.2, 0) is 13.1 Å². The van der Waals surface area contributed by atoms with E-state index in [1.807, 2.05) is 10.7 Å². The lowest BCUT2D eigenvalue weighted by atomic mass is 10.1. The Morgan fingerprint density at radius 3 is 2.95 bits per heavy atom. The van der Waals surface area contributed by atoms with Gasteiger partial charge < -0.3 is 5.32 Å². The van der Waals surface area contributed by atoms with Gasteiger partial charge in [0.2, 0.25) is 0 Å². The van der Waals surface area contributed by atoms with Gasteiger partial charge in [0.1, 0.15) is 0 Å². The Morgan fingerprint density at radius 1 is 1.40 bits per heavy atom. The zero-order valence-electron chi connectivity index (χ0n) is 11.6. The third-order valence-electron chi connectivity index (χ3n) is 3.56. The predicted molar refractivity (Wildman–Crippen MR) is 80.6 cm³/mol. The van der Waals surface area contributed by atoms with Crippen LogP contribution in [0.5, 0.6) is 0 Å². The van der Waals surface area contributed by atoms with Gasteiger partial charge in [-0.2, -0.15) is 0 Å². The SMILES string of the molecule is CCCn1nncc1-c1ccc(CNC2CC2)c(Cl)c1. The van der Waals surface area contributed by atoms with E-state index in [4.69, 9.17) is 11.6 Å². The highest BCUT2D eigenvalue weighted by Crippen LogP contribution is 2.26. The second-order valence-electron chi connectivity index (χ2n) is 5.30. The number of benzene rings is 1. The molecule has 106 valence electrons. The molecular formula is C15H19ClN4. The molecule has 0 radical (unpaired) electrons. The third-order valence-corrected chi connectivity index (χ3v) is 3.91. The second kappa shape index (κ2) is 5.94. The monoisotopic (exact) mass is 290 g/mol. The number of halogens is 1. The molecule has 2 aromatic rings. The van der Waals surface area contributed by atoms with Crippen molar-refractivity contribution in [1.82, 2.24) is 20.3 Å². The van der Waals surface area contributed by atoms with E-state index in [1.165, 1.54) is 12.8 Å². The number of rotatable bonds is 6. The summed E-state index contributed by atoms with van der Waals surface area (Å²) in [5, 5.41) is 12.4. The molecule has 4 nitrogen and oxygen atoms in total. The molecule has 0 spiro atoms. The topological polar surface area (TPSA) is 42.7 Å². The summed E-state index contributed by atoms with van der Waals surface area (Å²) in [6.45, 7) is 3.85. The van der Waals surface area contributed by atoms with E-state index >= 15 is 0 Å². The van der Waals surface area contributed by atoms with Gasteiger partial charge in [-0.15, -0.1) is 5.10 Å². The van der Waals surface area contributed by atoms with E-state index < -0.39 is 0 Å². The zero-order chi connectivity index (χ0) is 13.9. The van der Waals surface area contributed by atoms with Crippen molar-refractivity contribution in [2.75, 3.05) is 0 Å². The molecule has 0 unspecified atom stereocenters. The smallest absolute Gasteiger partial charge is 0.0886 e. The van der Waals surface area contributed by atoms with Crippen LogP contribution in [0.15, 0.2) is 24.4 Å². The summed E-state index contributed by atoms with van der Waals surface area (Å²) in [6, 6.07) is 6.90. The van der Waals surface area contributed by atoms with E-state index in [0.29, 0.717) is 6.04 Å². The molecule has 1 heterocycles. The first-order valence-electron chi connectivity index (χ1n) is 7.18. The third kappa shape index (κ3) is 3.02. The summed E-state index contributed by atoms with van der Waals surface area (Å²) >= 11 is 6.39. The van der Waals surface area contributed by atoms with Crippen LogP contribution in [0.4, 0.5) is 0 Å². The maximum absolute atomic E-state index is 6.39. The van der Waals surface area contributed by atoms with Gasteiger partial charge >= 0.3 is 0 Å². The lowest BCUT2D eigenvalue weighted by Gasteiger charge is -2.09. The highest BCUT2D eigenvalue weighted by Gasteiger charge is 2.20. The van der Waals surface area contributed by atoms with Gasteiger partial charge in [0.15, 0.2) is 0 Å². The van der Waals surface area contributed by atoms with Crippen molar-refractivity contribution in [1.29, 1.82) is 0 Å². The molecule has 1 fully saturated rings. The van der Waals surface area contributed by atoms with Crippen molar-refractivity contribution < 1.29 is 0 Å². The summed E-state index contributed by atoms with van der Waals surface area (Å²) in [7, 11) is 0. The Balaban J connectivity index is 1.79. The number of hydrogen-bond donors (Lipinski definition) is 1. The van der Waals surface area contributed by atoms with E-state index in [9.17, 15) is 0 Å². The Bertz CT molecular complexity index is 589. The van der Waals surface area contributed by atoms with Crippen molar-refractivity contribution in [3.63, 3.8) is 0 Å². The molecular weight excluding hydrogens is 272 g/mol. The van der Waals surface area contributed by atoms with Gasteiger partial charge in [0, 0.05) is 29.7 Å². The Labute approximate surface area is 124 Å². The largest absolute Gasteiger partial charge is 0.310 e. The molecule has 1 aromatic heterocycles. The van der Waals surface area contributed by atoms with Crippen LogP contribution >= 0.6 is 11.6 Å². The minimum Gasteiger partial charge on any atom is -0.310 e. The molecule has 3 rings (SSSR count). The number of hydrogen-bond acceptors (Lipinski definition) is 3. The van der Waals surface area contributed by atoms with E-state index in [-0.39, 0.29) is 0 Å². The number of aromatic nitrogens is 3. The highest BCUT2D eigenvalue weighted by atomic mass is 35.5. The first-order chi connectivity index (χ1) is 9.78. The molecule has 20 heavy (non-hydrogen) atoms. The molecule has 5 heteroatoms. The molecule has 1 aromatic carbocycles. The molecule has 0 saturated heterocycles. The predicted octanol–water partition coefficient (Wildman–Crippen LogP) is 3.26. The van der Waals surface area contributed by atoms with E-state index in [1.54, 1.807) is 6.20 Å². The van der Waals surface area contributed by atoms with Crippen LogP contribution in [0.25, 0.3) is 11.3 Å². The molecule has 1 saturated carbocycles. The maximum Gasteiger partial charge on any atom is 0.0886 e. The van der Waals surface area contributed by atoms with Crippen molar-refractivity contribution >= 4 is 11.6 Å². The van der Waals surface area contributed by atoms with Crippen molar-refractivity contribution in [3.05, 3.63) is 35.0 Å². The zero-order valence-corrected chi connectivity index (χ0v) is 12.4. The number of nitrogens with one attached hydrogen (secondary N) is 1. The molecule has 0 aliphatic heterocycles. The van der Waals surface area contributed by atoms with Crippen molar-refractivity contribution in [2.45, 2.75) is 45.3 Å². The lowest BCUT2D eigenvalue weighted by molar-refractivity contribution is 0.584. The summed E-state index contributed by atoms with van der Waals surface area (Å²) in [5.74, 6) is 0. The van der Waals surface area contributed by atoms with Crippen LogP contribution in [0.1, 0.15) is 31.7 Å². The fourth-order valence-electron chi connectivity index (χ4n) is 2.25. The van der Waals surface area contributed by atoms with Crippen LogP contribution in [0.2, 0.25) is 5.02 Å². The number of nitrogens with zero attached hydrogens (tertiary/aromatic N) is 3. The van der Waals surface area contributed by atoms with Gasteiger partial charge in [0.05, 0.1) is 11.9 Å². The average molecular weight is 291 g/mol. The fourth-order valence-corrected chi connectivity index (χ4v) is 2.50. The van der Waals surface area contributed by atoms with Crippen molar-refractivity contribution in [2.24, 2.45) is 0 Å². The van der Waals surface area contributed by atoms with Gasteiger partial charge in [-0.25, -0.2) is 4.68 Å². The minimum atomic E-state index is 0.695. The normalized spacial score (nSPS) is 14.7. The minimum absolute atomic E-state index is 0.695. The van der Waals surface area contributed by atoms with E-state index in [2.05, 4.69) is 34.7 Å². The van der Waals surface area contributed by atoms with E-state index in [0.717, 1.165) is 41.4 Å². The Hall–Kier alpha value is -1.39. The lowest BCUT2D eigenvalue weighted by Crippen LogP contribution is -2.15. The van der Waals surface area contributed by atoms with Crippen LogP contribution in [0, 0.1) is 0 Å². The van der Waals surface area contributed by atoms with Gasteiger partial charge in [-0.05, 0) is 30.9 Å². The molecule has 0 amide bonds. The van der Waals surface area contributed by atoms with Gasteiger partial charge in [0.25, 0.3) is 0 Å². The summed E-state index contributed by atoms with van der Waals surface area (Å²) in [4.78, 5) is 0.